The molecule has 0 aliphatic heterocycles. The van der Waals surface area contributed by atoms with Crippen molar-refractivity contribution in [2.24, 2.45) is 0 Å². The molecular weight excluding hydrogens is 272 g/mol. The average molecular weight is 306 g/mol. The second kappa shape index (κ2) is 6.72. The molecule has 0 N–H and O–H groups in total. The zero-order chi connectivity index (χ0) is 17.2. The van der Waals surface area contributed by atoms with Crippen LogP contribution < -0.4 is 0 Å². The van der Waals surface area contributed by atoms with Gasteiger partial charge < -0.3 is 9.47 Å². The minimum Gasteiger partial charge on any atom is -0.371 e. The third kappa shape index (κ3) is 4.57. The topological polar surface area (TPSA) is 18.5 Å². The van der Waals surface area contributed by atoms with Crippen LogP contribution in [0.5, 0.6) is 0 Å². The highest BCUT2D eigenvalue weighted by atomic mass is 16.5. The van der Waals surface area contributed by atoms with Gasteiger partial charge in [0.15, 0.2) is 0 Å². The van der Waals surface area contributed by atoms with E-state index in [1.54, 1.807) is 0 Å². The second-order valence-corrected chi connectivity index (χ2v) is 7.94. The maximum Gasteiger partial charge on any atom is 0.0875 e. The van der Waals surface area contributed by atoms with Crippen molar-refractivity contribution in [2.45, 2.75) is 78.9 Å². The van der Waals surface area contributed by atoms with E-state index in [0.717, 1.165) is 0 Å². The molecule has 0 aliphatic carbocycles. The average Bonchev–Trinajstić information content (AvgIpc) is 2.37. The predicted molar refractivity (Wildman–Crippen MR) is 94.4 cm³/mol. The largest absolute Gasteiger partial charge is 0.371 e. The Kier molecular flexibility index (Phi) is 5.86. The first-order chi connectivity index (χ1) is 9.94. The first kappa shape index (κ1) is 19.2. The molecule has 22 heavy (non-hydrogen) atoms. The lowest BCUT2D eigenvalue weighted by atomic mass is 9.80. The summed E-state index contributed by atoms with van der Waals surface area (Å²) in [5.41, 5.74) is 3.24. The highest BCUT2D eigenvalue weighted by Crippen LogP contribution is 2.35. The van der Waals surface area contributed by atoms with Crippen LogP contribution in [0.4, 0.5) is 0 Å². The Morgan fingerprint density at radius 3 is 1.23 bits per heavy atom. The van der Waals surface area contributed by atoms with Crippen molar-refractivity contribution < 1.29 is 9.47 Å². The smallest absolute Gasteiger partial charge is 0.0875 e. The van der Waals surface area contributed by atoms with Crippen molar-refractivity contribution in [1.82, 2.24) is 0 Å². The Morgan fingerprint density at radius 2 is 0.955 bits per heavy atom. The molecule has 0 aliphatic rings. The molecular formula is C20H34O2. The summed E-state index contributed by atoms with van der Waals surface area (Å²) in [7, 11) is 0. The number of ether oxygens (including phenoxy) is 2. The molecule has 0 heterocycles. The molecule has 0 aromatic heterocycles. The van der Waals surface area contributed by atoms with Crippen molar-refractivity contribution in [3.8, 4) is 0 Å². The normalized spacial score (nSPS) is 13.5. The Hall–Kier alpha value is -0.860. The maximum atomic E-state index is 5.97. The lowest BCUT2D eigenvalue weighted by Gasteiger charge is -2.32. The molecule has 1 aromatic rings. The van der Waals surface area contributed by atoms with Gasteiger partial charge in [0.1, 0.15) is 0 Å². The Balaban J connectivity index is 3.47. The van der Waals surface area contributed by atoms with Gasteiger partial charge in [-0.05, 0) is 63.6 Å². The van der Waals surface area contributed by atoms with Crippen LogP contribution in [0.15, 0.2) is 18.2 Å². The molecule has 0 spiro atoms. The fourth-order valence-electron chi connectivity index (χ4n) is 2.64. The highest BCUT2D eigenvalue weighted by molar-refractivity contribution is 5.39. The van der Waals surface area contributed by atoms with Crippen molar-refractivity contribution in [2.75, 3.05) is 13.2 Å². The molecule has 1 aromatic carbocycles. The van der Waals surface area contributed by atoms with E-state index in [-0.39, 0.29) is 16.6 Å². The third-order valence-electron chi connectivity index (χ3n) is 4.20. The van der Waals surface area contributed by atoms with Gasteiger partial charge in [0.25, 0.3) is 0 Å². The van der Waals surface area contributed by atoms with Gasteiger partial charge in [-0.15, -0.1) is 0 Å². The monoisotopic (exact) mass is 306 g/mol. The Bertz CT molecular complexity index is 457. The minimum absolute atomic E-state index is 0.0926. The highest BCUT2D eigenvalue weighted by Gasteiger charge is 2.28. The Labute approximate surface area is 137 Å². The standard InChI is InChI=1S/C20H34O2/c1-10-21-19(6,7)16-12-15(18(3,4)5)13-17(14-16)20(8,9)22-11-2/h12-14H,10-11H2,1-9H3. The Morgan fingerprint density at radius 1 is 0.636 bits per heavy atom. The molecule has 2 nitrogen and oxygen atoms in total. The summed E-state index contributed by atoms with van der Waals surface area (Å²) >= 11 is 0. The molecule has 0 atom stereocenters. The van der Waals surface area contributed by atoms with Gasteiger partial charge in [-0.25, -0.2) is 0 Å². The van der Waals surface area contributed by atoms with Crippen LogP contribution in [-0.4, -0.2) is 13.2 Å². The quantitative estimate of drug-likeness (QED) is 0.688. The van der Waals surface area contributed by atoms with Gasteiger partial charge in [0.05, 0.1) is 11.2 Å². The first-order valence-electron chi connectivity index (χ1n) is 8.38. The lowest BCUT2D eigenvalue weighted by molar-refractivity contribution is -0.0192. The van der Waals surface area contributed by atoms with Crippen molar-refractivity contribution in [3.05, 3.63) is 34.9 Å². The summed E-state index contributed by atoms with van der Waals surface area (Å²) < 4.78 is 11.9. The fraction of sp³-hybridized carbons (Fsp3) is 0.700. The molecule has 0 saturated carbocycles. The number of rotatable bonds is 6. The van der Waals surface area contributed by atoms with E-state index < -0.39 is 0 Å². The molecule has 0 amide bonds. The zero-order valence-electron chi connectivity index (χ0n) is 16.0. The maximum absolute atomic E-state index is 5.97. The van der Waals surface area contributed by atoms with E-state index in [0.29, 0.717) is 13.2 Å². The molecule has 126 valence electrons. The third-order valence-corrected chi connectivity index (χ3v) is 4.20. The van der Waals surface area contributed by atoms with Crippen LogP contribution in [0.25, 0.3) is 0 Å². The van der Waals surface area contributed by atoms with E-state index in [9.17, 15) is 0 Å². The molecule has 2 heteroatoms. The van der Waals surface area contributed by atoms with Crippen LogP contribution >= 0.6 is 0 Å². The number of hydrogen-bond donors (Lipinski definition) is 0. The van der Waals surface area contributed by atoms with E-state index in [1.165, 1.54) is 16.7 Å². The van der Waals surface area contributed by atoms with E-state index in [4.69, 9.17) is 9.47 Å². The molecule has 1 rings (SSSR count). The summed E-state index contributed by atoms with van der Waals surface area (Å²) in [5, 5.41) is 0. The van der Waals surface area contributed by atoms with E-state index in [1.807, 2.05) is 13.8 Å². The fourth-order valence-corrected chi connectivity index (χ4v) is 2.64. The zero-order valence-corrected chi connectivity index (χ0v) is 16.0. The van der Waals surface area contributed by atoms with Gasteiger partial charge in [-0.1, -0.05) is 39.0 Å². The summed E-state index contributed by atoms with van der Waals surface area (Å²) in [5.74, 6) is 0. The summed E-state index contributed by atoms with van der Waals surface area (Å²) in [4.78, 5) is 0. The summed E-state index contributed by atoms with van der Waals surface area (Å²) in [6, 6.07) is 6.79. The van der Waals surface area contributed by atoms with Gasteiger partial charge in [0, 0.05) is 13.2 Å². The first-order valence-corrected chi connectivity index (χ1v) is 8.38. The lowest BCUT2D eigenvalue weighted by Crippen LogP contribution is -2.27. The van der Waals surface area contributed by atoms with Crippen LogP contribution in [0.3, 0.4) is 0 Å². The number of benzene rings is 1. The van der Waals surface area contributed by atoms with Gasteiger partial charge in [-0.3, -0.25) is 0 Å². The number of hydrogen-bond acceptors (Lipinski definition) is 2. The molecule has 0 fully saturated rings. The molecule has 0 unspecified atom stereocenters. The van der Waals surface area contributed by atoms with Crippen molar-refractivity contribution in [3.63, 3.8) is 0 Å². The molecule has 0 bridgehead atoms. The molecule has 0 radical (unpaired) electrons. The van der Waals surface area contributed by atoms with Crippen molar-refractivity contribution >= 4 is 0 Å². The van der Waals surface area contributed by atoms with Crippen LogP contribution in [0, 0.1) is 0 Å². The second-order valence-electron chi connectivity index (χ2n) is 7.94. The SMILES string of the molecule is CCOC(C)(C)c1cc(C(C)(C)C)cc(C(C)(C)OCC)c1. The van der Waals surface area contributed by atoms with Crippen LogP contribution in [0.2, 0.25) is 0 Å². The summed E-state index contributed by atoms with van der Waals surface area (Å²) in [6.07, 6.45) is 0. The van der Waals surface area contributed by atoms with E-state index >= 15 is 0 Å². The van der Waals surface area contributed by atoms with Gasteiger partial charge in [0.2, 0.25) is 0 Å². The minimum atomic E-state index is -0.299. The van der Waals surface area contributed by atoms with E-state index in [2.05, 4.69) is 66.7 Å². The van der Waals surface area contributed by atoms with Gasteiger partial charge in [-0.2, -0.15) is 0 Å². The predicted octanol–water partition coefficient (Wildman–Crippen LogP) is 5.53. The molecule has 0 saturated heterocycles. The van der Waals surface area contributed by atoms with Crippen LogP contribution in [-0.2, 0) is 26.1 Å². The summed E-state index contributed by atoms with van der Waals surface area (Å²) in [6.45, 7) is 20.8. The van der Waals surface area contributed by atoms with Crippen molar-refractivity contribution in [1.29, 1.82) is 0 Å². The van der Waals surface area contributed by atoms with Crippen LogP contribution in [0.1, 0.15) is 79.0 Å². The van der Waals surface area contributed by atoms with Gasteiger partial charge >= 0.3 is 0 Å².